The molecule has 0 radical (unpaired) electrons. The second kappa shape index (κ2) is 10.9. The first-order valence-corrected chi connectivity index (χ1v) is 9.06. The van der Waals surface area contributed by atoms with Gasteiger partial charge >= 0.3 is 0 Å². The number of benzene rings is 1. The third kappa shape index (κ3) is 6.38. The average Bonchev–Trinajstić information content (AvgIpc) is 2.99. The smallest absolute Gasteiger partial charge is 0.245 e. The van der Waals surface area contributed by atoms with Crippen LogP contribution in [0.3, 0.4) is 0 Å². The number of nitrogens with two attached hydrogens (primary N) is 1. The fourth-order valence-electron chi connectivity index (χ4n) is 2.81. The van der Waals surface area contributed by atoms with E-state index in [1.807, 2.05) is 38.1 Å². The second-order valence-electron chi connectivity index (χ2n) is 7.00. The largest absolute Gasteiger partial charge is 0.497 e. The van der Waals surface area contributed by atoms with E-state index < -0.39 is 18.0 Å². The molecule has 4 N–H and O–H groups in total. The van der Waals surface area contributed by atoms with Crippen LogP contribution in [-0.4, -0.2) is 54.9 Å². The predicted octanol–water partition coefficient (Wildman–Crippen LogP) is 0.434. The summed E-state index contributed by atoms with van der Waals surface area (Å²) in [5.74, 6) is -0.154. The van der Waals surface area contributed by atoms with Crippen LogP contribution in [0.1, 0.15) is 25.8 Å². The number of carbonyl (C=O) groups excluding carboxylic acids is 3. The van der Waals surface area contributed by atoms with Crippen LogP contribution in [0.4, 0.5) is 0 Å². The van der Waals surface area contributed by atoms with Crippen molar-refractivity contribution in [2.45, 2.75) is 38.9 Å². The Hall–Kier alpha value is -2.32. The minimum absolute atomic E-state index is 0. The van der Waals surface area contributed by atoms with Crippen LogP contribution in [-0.2, 0) is 20.9 Å². The highest BCUT2D eigenvalue weighted by Crippen LogP contribution is 2.17. The fourth-order valence-corrected chi connectivity index (χ4v) is 2.81. The number of ether oxygens (including phenoxy) is 1. The van der Waals surface area contributed by atoms with Crippen LogP contribution in [0.25, 0.3) is 0 Å². The number of methoxy groups -OCH3 is 1. The Morgan fingerprint density at radius 2 is 1.93 bits per heavy atom. The monoisotopic (exact) mass is 412 g/mol. The number of hydrogen-bond donors (Lipinski definition) is 3. The minimum Gasteiger partial charge on any atom is -0.497 e. The van der Waals surface area contributed by atoms with Gasteiger partial charge in [-0.3, -0.25) is 14.4 Å². The van der Waals surface area contributed by atoms with E-state index in [0.717, 1.165) is 11.3 Å². The lowest BCUT2D eigenvalue weighted by Crippen LogP contribution is -2.49. The van der Waals surface area contributed by atoms with Gasteiger partial charge < -0.3 is 26.0 Å². The Kier molecular flexibility index (Phi) is 9.21. The van der Waals surface area contributed by atoms with Gasteiger partial charge in [-0.1, -0.05) is 26.0 Å². The zero-order valence-electron chi connectivity index (χ0n) is 16.4. The maximum atomic E-state index is 12.5. The number of nitrogens with zero attached hydrogens (tertiary/aromatic N) is 1. The molecule has 2 atom stereocenters. The molecule has 1 aromatic carbocycles. The summed E-state index contributed by atoms with van der Waals surface area (Å²) in [4.78, 5) is 38.0. The number of carbonyl (C=O) groups is 3. The molecule has 3 amide bonds. The molecule has 1 fully saturated rings. The summed E-state index contributed by atoms with van der Waals surface area (Å²) in [7, 11) is 1.60. The third-order valence-corrected chi connectivity index (χ3v) is 4.61. The molecule has 1 saturated heterocycles. The van der Waals surface area contributed by atoms with Crippen LogP contribution in [0, 0.1) is 5.92 Å². The van der Waals surface area contributed by atoms with E-state index >= 15 is 0 Å². The fraction of sp³-hybridized carbons (Fsp3) is 0.526. The van der Waals surface area contributed by atoms with Crippen LogP contribution in [0.2, 0.25) is 0 Å². The number of halogens is 1. The summed E-state index contributed by atoms with van der Waals surface area (Å²) in [5, 5.41) is 5.18. The van der Waals surface area contributed by atoms with E-state index in [4.69, 9.17) is 10.5 Å². The molecule has 1 aromatic rings. The van der Waals surface area contributed by atoms with E-state index in [-0.39, 0.29) is 36.7 Å². The normalized spacial score (nSPS) is 17.1. The molecule has 156 valence electrons. The summed E-state index contributed by atoms with van der Waals surface area (Å²) in [6.07, 6.45) is 0.542. The predicted molar refractivity (Wildman–Crippen MR) is 108 cm³/mol. The molecule has 0 aromatic heterocycles. The Morgan fingerprint density at radius 1 is 1.29 bits per heavy atom. The highest BCUT2D eigenvalue weighted by atomic mass is 35.5. The van der Waals surface area contributed by atoms with E-state index in [1.54, 1.807) is 12.0 Å². The molecule has 1 aliphatic heterocycles. The lowest BCUT2D eigenvalue weighted by molar-refractivity contribution is -0.133. The third-order valence-electron chi connectivity index (χ3n) is 4.61. The maximum Gasteiger partial charge on any atom is 0.245 e. The van der Waals surface area contributed by atoms with Gasteiger partial charge in [0.05, 0.1) is 19.7 Å². The van der Waals surface area contributed by atoms with Gasteiger partial charge in [0, 0.05) is 13.1 Å². The van der Waals surface area contributed by atoms with E-state index in [9.17, 15) is 14.4 Å². The van der Waals surface area contributed by atoms with Crippen LogP contribution < -0.4 is 21.1 Å². The zero-order chi connectivity index (χ0) is 20.0. The molecule has 0 saturated carbocycles. The van der Waals surface area contributed by atoms with Gasteiger partial charge in [0.2, 0.25) is 17.7 Å². The Labute approximate surface area is 171 Å². The molecule has 2 rings (SSSR count). The highest BCUT2D eigenvalue weighted by Gasteiger charge is 2.32. The molecule has 0 spiro atoms. The lowest BCUT2D eigenvalue weighted by atomic mass is 10.1. The Bertz CT molecular complexity index is 681. The van der Waals surface area contributed by atoms with Crippen molar-refractivity contribution in [2.24, 2.45) is 11.7 Å². The van der Waals surface area contributed by atoms with Gasteiger partial charge in [-0.15, -0.1) is 12.4 Å². The zero-order valence-corrected chi connectivity index (χ0v) is 17.3. The summed E-state index contributed by atoms with van der Waals surface area (Å²) in [6, 6.07) is 6.29. The molecule has 0 bridgehead atoms. The number of hydrogen-bond acceptors (Lipinski definition) is 5. The van der Waals surface area contributed by atoms with Crippen LogP contribution >= 0.6 is 12.4 Å². The maximum absolute atomic E-state index is 12.5. The standard InChI is InChI=1S/C19H28N4O4.ClH/c1-12(2)17(20)18(25)21-10-16(24)22-15-8-9-23(19(15)26)11-13-4-6-14(27-3)7-5-13;/h4-7,12,15,17H,8-11,20H2,1-3H3,(H,21,25)(H,22,24);1H/t15?,17-;/m0./s1. The molecule has 28 heavy (non-hydrogen) atoms. The highest BCUT2D eigenvalue weighted by molar-refractivity contribution is 5.91. The van der Waals surface area contributed by atoms with E-state index in [0.29, 0.717) is 19.5 Å². The first-order chi connectivity index (χ1) is 12.8. The van der Waals surface area contributed by atoms with Crippen molar-refractivity contribution in [1.29, 1.82) is 0 Å². The Morgan fingerprint density at radius 3 is 2.50 bits per heavy atom. The van der Waals surface area contributed by atoms with Crippen LogP contribution in [0.5, 0.6) is 5.75 Å². The van der Waals surface area contributed by atoms with Gasteiger partial charge in [-0.25, -0.2) is 0 Å². The SMILES string of the molecule is COc1ccc(CN2CCC(NC(=O)CNC(=O)[C@@H](N)C(C)C)C2=O)cc1.Cl. The molecule has 1 aliphatic rings. The molecule has 0 aliphatic carbocycles. The summed E-state index contributed by atoms with van der Waals surface area (Å²) in [5.41, 5.74) is 6.72. The van der Waals surface area contributed by atoms with Crippen molar-refractivity contribution >= 4 is 30.1 Å². The number of amides is 3. The number of rotatable bonds is 8. The molecule has 1 unspecified atom stereocenters. The first kappa shape index (κ1) is 23.7. The molecule has 1 heterocycles. The van der Waals surface area contributed by atoms with Crippen molar-refractivity contribution in [1.82, 2.24) is 15.5 Å². The average molecular weight is 413 g/mol. The topological polar surface area (TPSA) is 114 Å². The molecule has 9 heteroatoms. The van der Waals surface area contributed by atoms with Crippen molar-refractivity contribution in [3.8, 4) is 5.75 Å². The summed E-state index contributed by atoms with van der Waals surface area (Å²) < 4.78 is 5.12. The van der Waals surface area contributed by atoms with E-state index in [1.165, 1.54) is 0 Å². The molecular weight excluding hydrogens is 384 g/mol. The quantitative estimate of drug-likeness (QED) is 0.573. The minimum atomic E-state index is -0.661. The van der Waals surface area contributed by atoms with Crippen molar-refractivity contribution < 1.29 is 19.1 Å². The van der Waals surface area contributed by atoms with E-state index in [2.05, 4.69) is 10.6 Å². The lowest BCUT2D eigenvalue weighted by Gasteiger charge is -2.18. The molecular formula is C19H29ClN4O4. The number of likely N-dealkylation sites (tertiary alicyclic amines) is 1. The summed E-state index contributed by atoms with van der Waals surface area (Å²) >= 11 is 0. The van der Waals surface area contributed by atoms with Gasteiger partial charge in [0.25, 0.3) is 0 Å². The number of nitrogens with one attached hydrogen (secondary N) is 2. The van der Waals surface area contributed by atoms with Gasteiger partial charge in [0.15, 0.2) is 0 Å². The van der Waals surface area contributed by atoms with Crippen molar-refractivity contribution in [3.63, 3.8) is 0 Å². The second-order valence-corrected chi connectivity index (χ2v) is 7.00. The van der Waals surface area contributed by atoms with Crippen molar-refractivity contribution in [2.75, 3.05) is 20.2 Å². The molecule has 8 nitrogen and oxygen atoms in total. The van der Waals surface area contributed by atoms with Crippen molar-refractivity contribution in [3.05, 3.63) is 29.8 Å². The van der Waals surface area contributed by atoms with Crippen LogP contribution in [0.15, 0.2) is 24.3 Å². The first-order valence-electron chi connectivity index (χ1n) is 9.06. The van der Waals surface area contributed by atoms with Gasteiger partial charge in [-0.2, -0.15) is 0 Å². The van der Waals surface area contributed by atoms with Gasteiger partial charge in [-0.05, 0) is 30.0 Å². The van der Waals surface area contributed by atoms with Gasteiger partial charge in [0.1, 0.15) is 11.8 Å². The Balaban J connectivity index is 0.00000392. The summed E-state index contributed by atoms with van der Waals surface area (Å²) in [6.45, 7) is 4.52.